The standard InChI is InChI=1S/C13H15F3N2O2/c1-8(12(2)5-6-12)17-10-4-3-9(13(14,15)16)7-11(10)18(19)20/h3-4,7-8,17H,5-6H2,1-2H3. The number of rotatable bonds is 4. The molecular formula is C13H15F3N2O2. The van der Waals surface area contributed by atoms with Crippen molar-refractivity contribution in [3.8, 4) is 0 Å². The van der Waals surface area contributed by atoms with E-state index in [9.17, 15) is 23.3 Å². The van der Waals surface area contributed by atoms with Crippen LogP contribution in [0.15, 0.2) is 18.2 Å². The summed E-state index contributed by atoms with van der Waals surface area (Å²) in [5.41, 5.74) is -1.36. The highest BCUT2D eigenvalue weighted by Crippen LogP contribution is 2.49. The Bertz CT molecular complexity index is 539. The van der Waals surface area contributed by atoms with Gasteiger partial charge in [0.1, 0.15) is 5.69 Å². The Hall–Kier alpha value is -1.79. The summed E-state index contributed by atoms with van der Waals surface area (Å²) in [6, 6.07) is 2.53. The number of hydrogen-bond acceptors (Lipinski definition) is 3. The number of nitro benzene ring substituents is 1. The molecule has 1 fully saturated rings. The molecule has 1 atom stereocenters. The van der Waals surface area contributed by atoms with Crippen LogP contribution in [-0.2, 0) is 6.18 Å². The first kappa shape index (κ1) is 14.6. The predicted molar refractivity (Wildman–Crippen MR) is 68.5 cm³/mol. The Balaban J connectivity index is 2.31. The number of nitrogens with zero attached hydrogens (tertiary/aromatic N) is 1. The maximum atomic E-state index is 12.6. The Morgan fingerprint density at radius 1 is 1.40 bits per heavy atom. The quantitative estimate of drug-likeness (QED) is 0.667. The van der Waals surface area contributed by atoms with Crippen LogP contribution in [0.25, 0.3) is 0 Å². The van der Waals surface area contributed by atoms with Gasteiger partial charge in [-0.25, -0.2) is 0 Å². The van der Waals surface area contributed by atoms with Crippen LogP contribution in [0.2, 0.25) is 0 Å². The Morgan fingerprint density at radius 3 is 2.45 bits per heavy atom. The number of anilines is 1. The second kappa shape index (κ2) is 4.64. The van der Waals surface area contributed by atoms with Gasteiger partial charge in [-0.3, -0.25) is 10.1 Å². The van der Waals surface area contributed by atoms with Gasteiger partial charge in [-0.15, -0.1) is 0 Å². The number of halogens is 3. The molecule has 0 aliphatic heterocycles. The van der Waals surface area contributed by atoms with Crippen LogP contribution in [0.1, 0.15) is 32.3 Å². The third-order valence-electron chi connectivity index (χ3n) is 3.98. The van der Waals surface area contributed by atoms with Crippen molar-refractivity contribution in [2.24, 2.45) is 5.41 Å². The van der Waals surface area contributed by atoms with E-state index in [2.05, 4.69) is 5.32 Å². The number of alkyl halides is 3. The molecule has 1 unspecified atom stereocenters. The minimum atomic E-state index is -4.59. The smallest absolute Gasteiger partial charge is 0.376 e. The van der Waals surface area contributed by atoms with Gasteiger partial charge in [0.15, 0.2) is 0 Å². The van der Waals surface area contributed by atoms with E-state index in [0.29, 0.717) is 6.07 Å². The molecule has 1 aromatic carbocycles. The third-order valence-corrected chi connectivity index (χ3v) is 3.98. The minimum absolute atomic E-state index is 0.0297. The molecule has 1 N–H and O–H groups in total. The summed E-state index contributed by atoms with van der Waals surface area (Å²) >= 11 is 0. The highest BCUT2D eigenvalue weighted by molar-refractivity contribution is 5.63. The lowest BCUT2D eigenvalue weighted by Crippen LogP contribution is -2.25. The average Bonchev–Trinajstić information content (AvgIpc) is 3.07. The monoisotopic (exact) mass is 288 g/mol. The Kier molecular flexibility index (Phi) is 3.39. The maximum Gasteiger partial charge on any atom is 0.416 e. The number of hydrogen-bond donors (Lipinski definition) is 1. The molecule has 0 radical (unpaired) electrons. The SMILES string of the molecule is CC(Nc1ccc(C(F)(F)F)cc1[N+](=O)[O-])C1(C)CC1. The van der Waals surface area contributed by atoms with Gasteiger partial charge in [0.2, 0.25) is 0 Å². The lowest BCUT2D eigenvalue weighted by molar-refractivity contribution is -0.384. The molecule has 1 aliphatic rings. The molecule has 0 aromatic heterocycles. The molecule has 1 saturated carbocycles. The molecule has 1 aromatic rings. The molecule has 110 valence electrons. The van der Waals surface area contributed by atoms with Gasteiger partial charge < -0.3 is 5.32 Å². The largest absolute Gasteiger partial charge is 0.416 e. The number of benzene rings is 1. The molecule has 1 aliphatic carbocycles. The highest BCUT2D eigenvalue weighted by atomic mass is 19.4. The summed E-state index contributed by atoms with van der Waals surface area (Å²) in [6.45, 7) is 3.93. The molecule has 2 rings (SSSR count). The van der Waals surface area contributed by atoms with Crippen molar-refractivity contribution in [2.45, 2.75) is 38.9 Å². The number of nitrogens with one attached hydrogen (secondary N) is 1. The van der Waals surface area contributed by atoms with Gasteiger partial charge in [-0.2, -0.15) is 13.2 Å². The van der Waals surface area contributed by atoms with Gasteiger partial charge in [0.05, 0.1) is 10.5 Å². The summed E-state index contributed by atoms with van der Waals surface area (Å²) < 4.78 is 37.7. The number of nitro groups is 1. The van der Waals surface area contributed by atoms with Gasteiger partial charge >= 0.3 is 6.18 Å². The van der Waals surface area contributed by atoms with Crippen molar-refractivity contribution in [3.05, 3.63) is 33.9 Å². The summed E-state index contributed by atoms with van der Waals surface area (Å²) in [6.07, 6.45) is -2.57. The summed E-state index contributed by atoms with van der Waals surface area (Å²) in [5.74, 6) is 0. The second-order valence-corrected chi connectivity index (χ2v) is 5.51. The van der Waals surface area contributed by atoms with E-state index in [-0.39, 0.29) is 17.1 Å². The van der Waals surface area contributed by atoms with E-state index in [1.807, 2.05) is 13.8 Å². The van der Waals surface area contributed by atoms with Crippen molar-refractivity contribution in [1.29, 1.82) is 0 Å². The first-order chi connectivity index (χ1) is 9.13. The van der Waals surface area contributed by atoms with Gasteiger partial charge in [-0.05, 0) is 37.3 Å². The van der Waals surface area contributed by atoms with Crippen LogP contribution >= 0.6 is 0 Å². The fraction of sp³-hybridized carbons (Fsp3) is 0.538. The minimum Gasteiger partial charge on any atom is -0.376 e. The molecule has 0 amide bonds. The van der Waals surface area contributed by atoms with Crippen molar-refractivity contribution in [1.82, 2.24) is 0 Å². The van der Waals surface area contributed by atoms with Gasteiger partial charge in [0.25, 0.3) is 5.69 Å². The van der Waals surface area contributed by atoms with Crippen molar-refractivity contribution >= 4 is 11.4 Å². The fourth-order valence-corrected chi connectivity index (χ4v) is 2.02. The Labute approximate surface area is 114 Å². The molecule has 7 heteroatoms. The third kappa shape index (κ3) is 2.86. The first-order valence-electron chi connectivity index (χ1n) is 6.26. The molecule has 4 nitrogen and oxygen atoms in total. The summed E-state index contributed by atoms with van der Waals surface area (Å²) in [7, 11) is 0. The molecule has 0 spiro atoms. The van der Waals surface area contributed by atoms with Crippen LogP contribution in [0.3, 0.4) is 0 Å². The van der Waals surface area contributed by atoms with E-state index < -0.39 is 22.4 Å². The molecule has 0 heterocycles. The summed E-state index contributed by atoms with van der Waals surface area (Å²) in [4.78, 5) is 10.2. The van der Waals surface area contributed by atoms with E-state index in [0.717, 1.165) is 25.0 Å². The molecule has 20 heavy (non-hydrogen) atoms. The fourth-order valence-electron chi connectivity index (χ4n) is 2.02. The van der Waals surface area contributed by atoms with Crippen LogP contribution < -0.4 is 5.32 Å². The van der Waals surface area contributed by atoms with Crippen LogP contribution in [0, 0.1) is 15.5 Å². The molecule has 0 saturated heterocycles. The van der Waals surface area contributed by atoms with E-state index in [1.54, 1.807) is 0 Å². The Morgan fingerprint density at radius 2 is 2.00 bits per heavy atom. The van der Waals surface area contributed by atoms with Crippen molar-refractivity contribution < 1.29 is 18.1 Å². The highest BCUT2D eigenvalue weighted by Gasteiger charge is 2.43. The zero-order chi connectivity index (χ0) is 15.1. The first-order valence-corrected chi connectivity index (χ1v) is 6.26. The summed E-state index contributed by atoms with van der Waals surface area (Å²) in [5, 5.41) is 13.9. The second-order valence-electron chi connectivity index (χ2n) is 5.51. The topological polar surface area (TPSA) is 55.2 Å². The van der Waals surface area contributed by atoms with Gasteiger partial charge in [-0.1, -0.05) is 6.92 Å². The van der Waals surface area contributed by atoms with Crippen molar-refractivity contribution in [2.75, 3.05) is 5.32 Å². The van der Waals surface area contributed by atoms with Crippen LogP contribution in [-0.4, -0.2) is 11.0 Å². The normalized spacial score (nSPS) is 18.4. The lowest BCUT2D eigenvalue weighted by atomic mass is 10.0. The predicted octanol–water partition coefficient (Wildman–Crippen LogP) is 4.21. The zero-order valence-electron chi connectivity index (χ0n) is 11.1. The van der Waals surface area contributed by atoms with Gasteiger partial charge in [0, 0.05) is 12.1 Å². The maximum absolute atomic E-state index is 12.6. The van der Waals surface area contributed by atoms with Crippen LogP contribution in [0.5, 0.6) is 0 Å². The van der Waals surface area contributed by atoms with Crippen LogP contribution in [0.4, 0.5) is 24.5 Å². The lowest BCUT2D eigenvalue weighted by Gasteiger charge is -2.21. The van der Waals surface area contributed by atoms with E-state index in [4.69, 9.17) is 0 Å². The zero-order valence-corrected chi connectivity index (χ0v) is 11.1. The van der Waals surface area contributed by atoms with Crippen molar-refractivity contribution in [3.63, 3.8) is 0 Å². The molecule has 0 bridgehead atoms. The average molecular weight is 288 g/mol. The molecular weight excluding hydrogens is 273 g/mol. The van der Waals surface area contributed by atoms with E-state index >= 15 is 0 Å². The van der Waals surface area contributed by atoms with E-state index in [1.165, 1.54) is 0 Å².